The molecule has 0 spiro atoms. The number of nitrogens with zero attached hydrogens (tertiary/aromatic N) is 1. The number of para-hydroxylation sites is 1. The Morgan fingerprint density at radius 3 is 2.73 bits per heavy atom. The quantitative estimate of drug-likeness (QED) is 0.814. The molecule has 118 valence electrons. The molecule has 0 saturated heterocycles. The van der Waals surface area contributed by atoms with E-state index in [0.29, 0.717) is 17.3 Å². The Kier molecular flexibility index (Phi) is 5.10. The average Bonchev–Trinajstić information content (AvgIpc) is 2.50. The van der Waals surface area contributed by atoms with Crippen molar-refractivity contribution in [2.75, 3.05) is 0 Å². The van der Waals surface area contributed by atoms with Crippen molar-refractivity contribution in [2.24, 2.45) is 0 Å². The highest BCUT2D eigenvalue weighted by Gasteiger charge is 2.26. The first-order chi connectivity index (χ1) is 10.5. The maximum Gasteiger partial charge on any atom is 0.321 e. The van der Waals surface area contributed by atoms with Crippen LogP contribution >= 0.6 is 0 Å². The smallest absolute Gasteiger partial charge is 0.321 e. The van der Waals surface area contributed by atoms with Crippen LogP contribution in [0.15, 0.2) is 41.4 Å². The molecule has 2 N–H and O–H groups in total. The van der Waals surface area contributed by atoms with Gasteiger partial charge in [0.05, 0.1) is 5.52 Å². The molecule has 0 unspecified atom stereocenters. The number of hydrogen-bond acceptors (Lipinski definition) is 4. The number of unbranched alkanes of at least 4 members (excludes halogenated alkanes) is 1. The number of carboxylic acids is 1. The summed E-state index contributed by atoms with van der Waals surface area (Å²) in [6.07, 6.45) is 3.19. The van der Waals surface area contributed by atoms with Crippen LogP contribution in [-0.4, -0.2) is 30.5 Å². The van der Waals surface area contributed by atoms with Crippen molar-refractivity contribution in [2.45, 2.75) is 37.1 Å². The minimum absolute atomic E-state index is 0.00616. The van der Waals surface area contributed by atoms with E-state index in [1.165, 1.54) is 12.3 Å². The maximum atomic E-state index is 12.5. The predicted molar refractivity (Wildman–Crippen MR) is 83.0 cm³/mol. The van der Waals surface area contributed by atoms with E-state index in [1.54, 1.807) is 24.3 Å². The monoisotopic (exact) mass is 322 g/mol. The van der Waals surface area contributed by atoms with E-state index in [2.05, 4.69) is 9.71 Å². The number of aliphatic carboxylic acids is 1. The summed E-state index contributed by atoms with van der Waals surface area (Å²) in [5.74, 6) is -1.18. The lowest BCUT2D eigenvalue weighted by atomic mass is 10.1. The lowest BCUT2D eigenvalue weighted by Crippen LogP contribution is -2.40. The second kappa shape index (κ2) is 6.85. The van der Waals surface area contributed by atoms with E-state index in [4.69, 9.17) is 0 Å². The molecular formula is C15H18N2O4S. The van der Waals surface area contributed by atoms with Crippen LogP contribution in [0, 0.1) is 0 Å². The Balaban J connectivity index is 2.38. The first-order valence-corrected chi connectivity index (χ1v) is 8.53. The predicted octanol–water partition coefficient (Wildman–Crippen LogP) is 2.16. The fourth-order valence-electron chi connectivity index (χ4n) is 2.18. The number of pyridine rings is 1. The molecule has 6 nitrogen and oxygen atoms in total. The molecule has 0 aliphatic rings. The van der Waals surface area contributed by atoms with E-state index >= 15 is 0 Å². The molecule has 0 bridgehead atoms. The largest absolute Gasteiger partial charge is 0.480 e. The topological polar surface area (TPSA) is 96.4 Å². The summed E-state index contributed by atoms with van der Waals surface area (Å²) >= 11 is 0. The zero-order chi connectivity index (χ0) is 16.2. The van der Waals surface area contributed by atoms with Crippen LogP contribution in [-0.2, 0) is 14.8 Å². The number of rotatable bonds is 7. The molecule has 0 amide bonds. The van der Waals surface area contributed by atoms with E-state index in [1.807, 2.05) is 6.92 Å². The fourth-order valence-corrected chi connectivity index (χ4v) is 3.59. The van der Waals surface area contributed by atoms with Crippen molar-refractivity contribution in [3.63, 3.8) is 0 Å². The van der Waals surface area contributed by atoms with Crippen LogP contribution < -0.4 is 4.72 Å². The van der Waals surface area contributed by atoms with Gasteiger partial charge in [-0.25, -0.2) is 8.42 Å². The second-order valence-corrected chi connectivity index (χ2v) is 6.67. The first-order valence-electron chi connectivity index (χ1n) is 7.04. The Morgan fingerprint density at radius 2 is 2.05 bits per heavy atom. The minimum Gasteiger partial charge on any atom is -0.480 e. The molecule has 2 aromatic rings. The Bertz CT molecular complexity index is 769. The Morgan fingerprint density at radius 1 is 1.32 bits per heavy atom. The summed E-state index contributed by atoms with van der Waals surface area (Å²) in [6.45, 7) is 1.92. The van der Waals surface area contributed by atoms with Gasteiger partial charge >= 0.3 is 5.97 Å². The van der Waals surface area contributed by atoms with Crippen molar-refractivity contribution < 1.29 is 18.3 Å². The van der Waals surface area contributed by atoms with Crippen LogP contribution in [0.25, 0.3) is 10.9 Å². The highest BCUT2D eigenvalue weighted by Crippen LogP contribution is 2.21. The molecule has 22 heavy (non-hydrogen) atoms. The van der Waals surface area contributed by atoms with Gasteiger partial charge in [0.25, 0.3) is 0 Å². The number of hydrogen-bond donors (Lipinski definition) is 2. The van der Waals surface area contributed by atoms with Gasteiger partial charge in [-0.1, -0.05) is 38.0 Å². The van der Waals surface area contributed by atoms with Crippen molar-refractivity contribution in [1.29, 1.82) is 0 Å². The average molecular weight is 322 g/mol. The van der Waals surface area contributed by atoms with E-state index in [-0.39, 0.29) is 11.3 Å². The molecule has 0 fully saturated rings. The molecule has 1 aromatic carbocycles. The number of sulfonamides is 1. The molecule has 1 aromatic heterocycles. The highest BCUT2D eigenvalue weighted by atomic mass is 32.2. The molecule has 0 aliphatic carbocycles. The van der Waals surface area contributed by atoms with Crippen LogP contribution in [0.1, 0.15) is 26.2 Å². The van der Waals surface area contributed by atoms with Crippen LogP contribution in [0.2, 0.25) is 0 Å². The molecule has 0 saturated carbocycles. The molecule has 0 radical (unpaired) electrons. The molecule has 1 atom stereocenters. The third-order valence-electron chi connectivity index (χ3n) is 3.33. The van der Waals surface area contributed by atoms with Gasteiger partial charge < -0.3 is 5.11 Å². The highest BCUT2D eigenvalue weighted by molar-refractivity contribution is 7.89. The lowest BCUT2D eigenvalue weighted by molar-refractivity contribution is -0.139. The number of aromatic nitrogens is 1. The lowest BCUT2D eigenvalue weighted by Gasteiger charge is -2.15. The second-order valence-electron chi connectivity index (χ2n) is 4.99. The summed E-state index contributed by atoms with van der Waals surface area (Å²) < 4.78 is 27.3. The van der Waals surface area contributed by atoms with Gasteiger partial charge in [-0.05, 0) is 18.6 Å². The van der Waals surface area contributed by atoms with Gasteiger partial charge in [0.15, 0.2) is 0 Å². The summed E-state index contributed by atoms with van der Waals surface area (Å²) in [4.78, 5) is 15.3. The molecular weight excluding hydrogens is 304 g/mol. The molecule has 0 aliphatic heterocycles. The standard InChI is InChI=1S/C15H18N2O4S/c1-2-3-8-12(15(18)19)17-22(20,21)13-9-4-6-11-7-5-10-16-14(11)13/h4-7,9-10,12,17H,2-3,8H2,1H3,(H,18,19)/t12-/m0/s1. The van der Waals surface area contributed by atoms with Gasteiger partial charge in [-0.15, -0.1) is 0 Å². The van der Waals surface area contributed by atoms with Crippen molar-refractivity contribution in [3.05, 3.63) is 36.5 Å². The number of fused-ring (bicyclic) bond motifs is 1. The minimum atomic E-state index is -3.95. The first kappa shape index (κ1) is 16.4. The van der Waals surface area contributed by atoms with Crippen LogP contribution in [0.3, 0.4) is 0 Å². The Labute approximate surface area is 129 Å². The third-order valence-corrected chi connectivity index (χ3v) is 4.83. The van der Waals surface area contributed by atoms with E-state index < -0.39 is 22.0 Å². The zero-order valence-corrected chi connectivity index (χ0v) is 13.0. The van der Waals surface area contributed by atoms with Crippen molar-refractivity contribution in [1.82, 2.24) is 9.71 Å². The number of nitrogens with one attached hydrogen (secondary N) is 1. The van der Waals surface area contributed by atoms with Gasteiger partial charge in [0.1, 0.15) is 10.9 Å². The summed E-state index contributed by atoms with van der Waals surface area (Å²) in [7, 11) is -3.95. The number of carboxylic acid groups (broad SMARTS) is 1. The maximum absolute atomic E-state index is 12.5. The van der Waals surface area contributed by atoms with Gasteiger partial charge in [-0.2, -0.15) is 4.72 Å². The number of benzene rings is 1. The fraction of sp³-hybridized carbons (Fsp3) is 0.333. The molecule has 7 heteroatoms. The van der Waals surface area contributed by atoms with E-state index in [9.17, 15) is 18.3 Å². The Hall–Kier alpha value is -1.99. The van der Waals surface area contributed by atoms with Crippen molar-refractivity contribution >= 4 is 26.9 Å². The van der Waals surface area contributed by atoms with Crippen LogP contribution in [0.5, 0.6) is 0 Å². The summed E-state index contributed by atoms with van der Waals surface area (Å²) in [6, 6.07) is 7.13. The summed E-state index contributed by atoms with van der Waals surface area (Å²) in [5, 5.41) is 9.87. The normalized spacial score (nSPS) is 13.1. The molecule has 1 heterocycles. The SMILES string of the molecule is CCCC[C@H](NS(=O)(=O)c1cccc2cccnc12)C(=O)O. The van der Waals surface area contributed by atoms with Gasteiger partial charge in [0, 0.05) is 11.6 Å². The molecule has 2 rings (SSSR count). The van der Waals surface area contributed by atoms with Crippen LogP contribution in [0.4, 0.5) is 0 Å². The third kappa shape index (κ3) is 3.61. The zero-order valence-electron chi connectivity index (χ0n) is 12.2. The van der Waals surface area contributed by atoms with E-state index in [0.717, 1.165) is 6.42 Å². The number of carbonyl (C=O) groups is 1. The summed E-state index contributed by atoms with van der Waals surface area (Å²) in [5.41, 5.74) is 0.331. The van der Waals surface area contributed by atoms with Crippen molar-refractivity contribution in [3.8, 4) is 0 Å². The van der Waals surface area contributed by atoms with Gasteiger partial charge in [0.2, 0.25) is 10.0 Å². The van der Waals surface area contributed by atoms with Gasteiger partial charge in [-0.3, -0.25) is 9.78 Å².